The van der Waals surface area contributed by atoms with Crippen LogP contribution in [0, 0.1) is 16.7 Å². The molecule has 4 aliphatic rings. The number of hydrogen-bond donors (Lipinski definition) is 4. The average molecular weight is 832 g/mol. The molecule has 1 aliphatic heterocycles. The summed E-state index contributed by atoms with van der Waals surface area (Å²) < 4.78 is 30.1. The number of carbonyl (C=O) groups is 6. The fraction of sp³-hybridized carbons (Fsp3) is 0.511. The van der Waals surface area contributed by atoms with Gasteiger partial charge in [-0.2, -0.15) is 0 Å². The minimum Gasteiger partial charge on any atom is -0.456 e. The Bertz CT molecular complexity index is 2110. The van der Waals surface area contributed by atoms with Gasteiger partial charge in [0, 0.05) is 43.2 Å². The number of rotatable bonds is 10. The van der Waals surface area contributed by atoms with Crippen molar-refractivity contribution in [3.63, 3.8) is 0 Å². The van der Waals surface area contributed by atoms with Crippen molar-refractivity contribution in [1.29, 1.82) is 0 Å². The first-order valence-electron chi connectivity index (χ1n) is 19.9. The summed E-state index contributed by atoms with van der Waals surface area (Å²) in [5.41, 5.74) is -6.85. The average Bonchev–Trinajstić information content (AvgIpc) is 3.20. The van der Waals surface area contributed by atoms with Crippen LogP contribution in [0.5, 0.6) is 0 Å². The number of hydrogen-bond acceptors (Lipinski definition) is 14. The molecule has 2 aromatic carbocycles. The fourth-order valence-electron chi connectivity index (χ4n) is 9.75. The maximum Gasteiger partial charge on any atom is 0.338 e. The van der Waals surface area contributed by atoms with E-state index in [2.05, 4.69) is 5.32 Å². The number of fused-ring (bicyclic) bond motifs is 5. The minimum absolute atomic E-state index is 0.00456. The van der Waals surface area contributed by atoms with E-state index in [1.807, 2.05) is 0 Å². The Morgan fingerprint density at radius 2 is 1.53 bits per heavy atom. The molecule has 2 aromatic rings. The summed E-state index contributed by atoms with van der Waals surface area (Å²) in [6, 6.07) is 15.1. The Balaban J connectivity index is 1.53. The molecule has 60 heavy (non-hydrogen) atoms. The van der Waals surface area contributed by atoms with E-state index < -0.39 is 113 Å². The van der Waals surface area contributed by atoms with Gasteiger partial charge in [-0.3, -0.25) is 19.2 Å². The van der Waals surface area contributed by atoms with Gasteiger partial charge in [0.1, 0.15) is 23.9 Å². The van der Waals surface area contributed by atoms with Gasteiger partial charge in [0.2, 0.25) is 0 Å². The topological polar surface area (TPSA) is 221 Å². The zero-order chi connectivity index (χ0) is 44.1. The quantitative estimate of drug-likeness (QED) is 0.117. The van der Waals surface area contributed by atoms with E-state index >= 15 is 4.79 Å². The molecule has 3 aliphatic carbocycles. The number of carbonyl (C=O) groups excluding carboxylic acids is 6. The van der Waals surface area contributed by atoms with Crippen molar-refractivity contribution in [2.45, 2.75) is 122 Å². The molecule has 0 aromatic heterocycles. The lowest BCUT2D eigenvalue weighted by Gasteiger charge is -2.67. The normalized spacial score (nSPS) is 32.9. The number of allylic oxidation sites excluding steroid dienone is 1. The van der Waals surface area contributed by atoms with Crippen LogP contribution in [0.15, 0.2) is 83.5 Å². The molecular formula is C45H53NO14. The molecule has 322 valence electrons. The Morgan fingerprint density at radius 1 is 0.917 bits per heavy atom. The molecule has 11 atom stereocenters. The van der Waals surface area contributed by atoms with Gasteiger partial charge in [-0.1, -0.05) is 68.5 Å². The first-order valence-corrected chi connectivity index (χ1v) is 19.9. The van der Waals surface area contributed by atoms with Crippen molar-refractivity contribution in [2.24, 2.45) is 16.7 Å². The number of aliphatic hydroxyl groups is 3. The highest BCUT2D eigenvalue weighted by Gasteiger charge is 2.78. The van der Waals surface area contributed by atoms with Gasteiger partial charge in [0.05, 0.1) is 30.1 Å². The number of Topliss-reactive ketones (excluding diaryl/α,β-unsaturated/α-hetero) is 1. The van der Waals surface area contributed by atoms with Crippen LogP contribution in [0.4, 0.5) is 0 Å². The summed E-state index contributed by atoms with van der Waals surface area (Å²) in [6.45, 7) is 11.1. The van der Waals surface area contributed by atoms with E-state index in [9.17, 15) is 39.3 Å². The number of ketones is 1. The smallest absolute Gasteiger partial charge is 0.338 e. The number of nitrogens with one attached hydrogen (secondary N) is 1. The third-order valence-electron chi connectivity index (χ3n) is 13.2. The van der Waals surface area contributed by atoms with Gasteiger partial charge in [-0.25, -0.2) is 9.59 Å². The third kappa shape index (κ3) is 7.24. The molecule has 0 unspecified atom stereocenters. The Morgan fingerprint density at radius 3 is 2.08 bits per heavy atom. The summed E-state index contributed by atoms with van der Waals surface area (Å²) in [4.78, 5) is 82.8. The van der Waals surface area contributed by atoms with E-state index in [-0.39, 0.29) is 35.3 Å². The first kappa shape index (κ1) is 44.3. The highest BCUT2D eigenvalue weighted by molar-refractivity contribution is 5.96. The molecule has 3 fully saturated rings. The third-order valence-corrected chi connectivity index (χ3v) is 13.2. The van der Waals surface area contributed by atoms with Crippen LogP contribution >= 0.6 is 0 Å². The van der Waals surface area contributed by atoms with Gasteiger partial charge in [0.15, 0.2) is 23.6 Å². The van der Waals surface area contributed by atoms with Crippen LogP contribution in [-0.2, 0) is 47.7 Å². The molecule has 4 N–H and O–H groups in total. The lowest BCUT2D eigenvalue weighted by Crippen LogP contribution is -2.82. The van der Waals surface area contributed by atoms with Crippen molar-refractivity contribution >= 4 is 35.6 Å². The Labute approximate surface area is 348 Å². The zero-order valence-corrected chi connectivity index (χ0v) is 34.9. The molecule has 15 heteroatoms. The van der Waals surface area contributed by atoms with Crippen molar-refractivity contribution in [3.05, 3.63) is 94.6 Å². The summed E-state index contributed by atoms with van der Waals surface area (Å²) in [7, 11) is 0. The van der Waals surface area contributed by atoms with E-state index in [4.69, 9.17) is 23.7 Å². The number of esters is 4. The van der Waals surface area contributed by atoms with Crippen LogP contribution in [0.1, 0.15) is 90.2 Å². The summed E-state index contributed by atoms with van der Waals surface area (Å²) >= 11 is 0. The summed E-state index contributed by atoms with van der Waals surface area (Å²) in [6.07, 6.45) is -8.91. The predicted octanol–water partition coefficient (Wildman–Crippen LogP) is 3.39. The zero-order valence-electron chi connectivity index (χ0n) is 34.9. The molecule has 15 nitrogen and oxygen atoms in total. The SMILES string of the molecule is CC=C(C)C(=O)O[C@@H]1[C@H]2[C@]3(OC(C)=O)CO[C@H]3C[C@H](O)[C@@]2(C)C(=O)[C@H](OC(C)=O)C2=C(C)[C@@H](OC(=O)[C@H](O)[C@H](NC(=O)c3ccccc3)c3ccccc3)C[C@]1(O)C2(C)C. The van der Waals surface area contributed by atoms with Crippen molar-refractivity contribution < 1.29 is 67.8 Å². The van der Waals surface area contributed by atoms with Crippen LogP contribution in [0.3, 0.4) is 0 Å². The number of aliphatic hydroxyl groups excluding tert-OH is 2. The first-order chi connectivity index (χ1) is 28.1. The lowest BCUT2D eigenvalue weighted by molar-refractivity contribution is -0.347. The minimum atomic E-state index is -2.36. The monoisotopic (exact) mass is 831 g/mol. The van der Waals surface area contributed by atoms with E-state index in [0.717, 1.165) is 13.8 Å². The number of ether oxygens (including phenoxy) is 5. The predicted molar refractivity (Wildman–Crippen MR) is 211 cm³/mol. The van der Waals surface area contributed by atoms with E-state index in [1.54, 1.807) is 81.4 Å². The van der Waals surface area contributed by atoms with Crippen molar-refractivity contribution in [1.82, 2.24) is 5.32 Å². The van der Waals surface area contributed by atoms with Crippen LogP contribution < -0.4 is 5.32 Å². The fourth-order valence-corrected chi connectivity index (χ4v) is 9.75. The maximum absolute atomic E-state index is 15.4. The molecule has 1 saturated heterocycles. The van der Waals surface area contributed by atoms with Gasteiger partial charge in [-0.15, -0.1) is 0 Å². The van der Waals surface area contributed by atoms with Gasteiger partial charge in [0.25, 0.3) is 5.91 Å². The number of benzene rings is 2. The maximum atomic E-state index is 15.4. The number of amides is 1. The molecule has 2 bridgehead atoms. The Hall–Kier alpha value is -5.22. The summed E-state index contributed by atoms with van der Waals surface area (Å²) in [5.74, 6) is -6.76. The molecule has 2 saturated carbocycles. The highest BCUT2D eigenvalue weighted by atomic mass is 16.6. The summed E-state index contributed by atoms with van der Waals surface area (Å²) in [5, 5.41) is 40.0. The second kappa shape index (κ2) is 16.3. The molecule has 0 radical (unpaired) electrons. The van der Waals surface area contributed by atoms with Crippen LogP contribution in [-0.4, -0.2) is 105 Å². The molecule has 1 amide bonds. The van der Waals surface area contributed by atoms with E-state index in [0.29, 0.717) is 5.56 Å². The second-order valence-corrected chi connectivity index (χ2v) is 17.0. The molecule has 6 rings (SSSR count). The van der Waals surface area contributed by atoms with E-state index in [1.165, 1.54) is 26.8 Å². The van der Waals surface area contributed by atoms with Gasteiger partial charge < -0.3 is 44.3 Å². The van der Waals surface area contributed by atoms with Crippen LogP contribution in [0.25, 0.3) is 0 Å². The molecule has 1 heterocycles. The van der Waals surface area contributed by atoms with Gasteiger partial charge in [-0.05, 0) is 56.5 Å². The Kier molecular flexibility index (Phi) is 12.1. The van der Waals surface area contributed by atoms with Gasteiger partial charge >= 0.3 is 23.9 Å². The van der Waals surface area contributed by atoms with Crippen LogP contribution in [0.2, 0.25) is 0 Å². The standard InChI is InChI=1S/C45H53NO14/c1-9-23(2)40(53)59-38-36-43(8,30(49)20-31-44(36,22-56-31)60-26(5)48)37(51)35(57-25(4)47)32-24(3)29(21-45(38,55)42(32,6)7)58-41(54)34(50)33(27-16-12-10-13-17-27)46-39(52)28-18-14-11-15-19-28/h9-19,29-31,33-36,38,49-50,55H,20-22H2,1-8H3,(H,46,52)/t29-,30-,31-,33+,34+,35+,36+,38+,43+,44-,45+/m0/s1. The second-order valence-electron chi connectivity index (χ2n) is 17.0. The molecular weight excluding hydrogens is 778 g/mol. The van der Waals surface area contributed by atoms with Crippen molar-refractivity contribution in [2.75, 3.05) is 6.61 Å². The highest BCUT2D eigenvalue weighted by Crippen LogP contribution is 2.64. The largest absolute Gasteiger partial charge is 0.456 e. The van der Waals surface area contributed by atoms with Crippen molar-refractivity contribution in [3.8, 4) is 0 Å². The lowest BCUT2D eigenvalue weighted by atomic mass is 9.44. The molecule has 0 spiro atoms.